The van der Waals surface area contributed by atoms with Gasteiger partial charge in [-0.25, -0.2) is 0 Å². The number of hydrogen-bond donors (Lipinski definition) is 0. The molecule has 0 amide bonds. The fraction of sp³-hybridized carbons (Fsp3) is 0.412. The zero-order valence-electron chi connectivity index (χ0n) is 12.3. The lowest BCUT2D eigenvalue weighted by molar-refractivity contribution is 0.0612. The largest absolute Gasteiger partial charge is 0.381 e. The van der Waals surface area contributed by atoms with E-state index in [1.54, 1.807) is 12.3 Å². The van der Waals surface area contributed by atoms with Gasteiger partial charge in [0.05, 0.1) is 11.3 Å². The fourth-order valence-corrected chi connectivity index (χ4v) is 2.69. The van der Waals surface area contributed by atoms with Crippen molar-refractivity contribution in [3.05, 3.63) is 52.6 Å². The van der Waals surface area contributed by atoms with Gasteiger partial charge in [-0.05, 0) is 37.3 Å². The van der Waals surface area contributed by atoms with Gasteiger partial charge < -0.3 is 9.30 Å². The lowest BCUT2D eigenvalue weighted by Crippen LogP contribution is -2.21. The van der Waals surface area contributed by atoms with E-state index in [0.29, 0.717) is 11.5 Å². The Hall–Kier alpha value is -1.94. The van der Waals surface area contributed by atoms with Crippen LogP contribution in [0.1, 0.15) is 18.4 Å². The van der Waals surface area contributed by atoms with Gasteiger partial charge >= 0.3 is 0 Å². The van der Waals surface area contributed by atoms with Crippen LogP contribution < -0.4 is 5.43 Å². The summed E-state index contributed by atoms with van der Waals surface area (Å²) in [6.07, 6.45) is 7.77. The van der Waals surface area contributed by atoms with Crippen molar-refractivity contribution in [3.8, 4) is 11.3 Å². The summed E-state index contributed by atoms with van der Waals surface area (Å²) in [7, 11) is 0. The number of hydrogen-bond acceptors (Lipinski definition) is 3. The Bertz CT molecular complexity index is 655. The van der Waals surface area contributed by atoms with Crippen molar-refractivity contribution in [3.63, 3.8) is 0 Å². The Morgan fingerprint density at radius 1 is 1.29 bits per heavy atom. The number of nitrogens with zero attached hydrogens (tertiary/aromatic N) is 2. The second-order valence-corrected chi connectivity index (χ2v) is 5.70. The normalized spacial score (nSPS) is 16.0. The monoisotopic (exact) mass is 284 g/mol. The Morgan fingerprint density at radius 3 is 2.81 bits per heavy atom. The van der Waals surface area contributed by atoms with Crippen molar-refractivity contribution < 1.29 is 4.74 Å². The van der Waals surface area contributed by atoms with Crippen molar-refractivity contribution in [2.45, 2.75) is 26.3 Å². The topological polar surface area (TPSA) is 44.1 Å². The van der Waals surface area contributed by atoms with Crippen molar-refractivity contribution in [2.24, 2.45) is 5.92 Å². The van der Waals surface area contributed by atoms with E-state index < -0.39 is 0 Å². The lowest BCUT2D eigenvalue weighted by atomic mass is 10.0. The van der Waals surface area contributed by atoms with E-state index in [2.05, 4.69) is 9.55 Å². The van der Waals surface area contributed by atoms with Gasteiger partial charge in [0.25, 0.3) is 0 Å². The minimum atomic E-state index is 0.0228. The predicted octanol–water partition coefficient (Wildman–Crippen LogP) is 2.65. The van der Waals surface area contributed by atoms with Gasteiger partial charge in [0.15, 0.2) is 5.43 Å². The number of rotatable bonds is 3. The Labute approximate surface area is 124 Å². The van der Waals surface area contributed by atoms with E-state index in [4.69, 9.17) is 4.74 Å². The van der Waals surface area contributed by atoms with Crippen LogP contribution in [0.4, 0.5) is 0 Å². The molecule has 2 aromatic rings. The molecule has 0 aliphatic carbocycles. The number of aryl methyl sites for hydroxylation is 1. The third-order valence-electron chi connectivity index (χ3n) is 3.97. The molecule has 110 valence electrons. The Kier molecular flexibility index (Phi) is 4.15. The summed E-state index contributed by atoms with van der Waals surface area (Å²) in [5, 5.41) is 0. The molecule has 0 aromatic carbocycles. The van der Waals surface area contributed by atoms with Crippen LogP contribution in [0.25, 0.3) is 11.3 Å². The average Bonchev–Trinajstić information content (AvgIpc) is 2.51. The second kappa shape index (κ2) is 6.22. The highest BCUT2D eigenvalue weighted by atomic mass is 16.5. The zero-order chi connectivity index (χ0) is 14.7. The molecule has 1 aliphatic heterocycles. The molecule has 21 heavy (non-hydrogen) atoms. The van der Waals surface area contributed by atoms with Gasteiger partial charge in [-0.1, -0.05) is 6.07 Å². The Morgan fingerprint density at radius 2 is 2.10 bits per heavy atom. The maximum Gasteiger partial charge on any atom is 0.190 e. The van der Waals surface area contributed by atoms with Gasteiger partial charge in [-0.2, -0.15) is 0 Å². The molecule has 0 N–H and O–H groups in total. The summed E-state index contributed by atoms with van der Waals surface area (Å²) in [4.78, 5) is 16.4. The fourth-order valence-electron chi connectivity index (χ4n) is 2.69. The zero-order valence-corrected chi connectivity index (χ0v) is 12.3. The molecule has 0 radical (unpaired) electrons. The molecular formula is C17H20N2O2. The van der Waals surface area contributed by atoms with Crippen LogP contribution in [-0.4, -0.2) is 22.8 Å². The van der Waals surface area contributed by atoms with Crippen molar-refractivity contribution in [1.29, 1.82) is 0 Å². The van der Waals surface area contributed by atoms with E-state index in [1.165, 1.54) is 0 Å². The third-order valence-corrected chi connectivity index (χ3v) is 3.97. The highest BCUT2D eigenvalue weighted by Gasteiger charge is 2.14. The van der Waals surface area contributed by atoms with E-state index >= 15 is 0 Å². The van der Waals surface area contributed by atoms with Crippen molar-refractivity contribution >= 4 is 0 Å². The molecule has 0 atom stereocenters. The number of aromatic nitrogens is 2. The van der Waals surface area contributed by atoms with E-state index in [1.807, 2.05) is 31.5 Å². The highest BCUT2D eigenvalue weighted by molar-refractivity contribution is 5.57. The molecule has 4 nitrogen and oxygen atoms in total. The minimum Gasteiger partial charge on any atom is -0.381 e. The van der Waals surface area contributed by atoms with Crippen LogP contribution >= 0.6 is 0 Å². The van der Waals surface area contributed by atoms with E-state index in [9.17, 15) is 4.79 Å². The number of ether oxygens (including phenoxy) is 1. The van der Waals surface area contributed by atoms with E-state index in [0.717, 1.165) is 43.9 Å². The molecule has 0 bridgehead atoms. The van der Waals surface area contributed by atoms with Gasteiger partial charge in [0, 0.05) is 44.4 Å². The summed E-state index contributed by atoms with van der Waals surface area (Å²) in [6, 6.07) is 5.53. The van der Waals surface area contributed by atoms with E-state index in [-0.39, 0.29) is 5.43 Å². The van der Waals surface area contributed by atoms with Gasteiger partial charge in [-0.3, -0.25) is 9.78 Å². The maximum atomic E-state index is 12.1. The molecule has 2 aromatic heterocycles. The van der Waals surface area contributed by atoms with Crippen LogP contribution in [0.5, 0.6) is 0 Å². The molecular weight excluding hydrogens is 264 g/mol. The smallest absolute Gasteiger partial charge is 0.190 e. The predicted molar refractivity (Wildman–Crippen MR) is 82.2 cm³/mol. The highest BCUT2D eigenvalue weighted by Crippen LogP contribution is 2.18. The first-order valence-corrected chi connectivity index (χ1v) is 7.43. The van der Waals surface area contributed by atoms with Crippen LogP contribution in [0, 0.1) is 12.8 Å². The molecule has 0 unspecified atom stereocenters. The van der Waals surface area contributed by atoms with Crippen LogP contribution in [-0.2, 0) is 11.3 Å². The van der Waals surface area contributed by atoms with Crippen molar-refractivity contribution in [1.82, 2.24) is 9.55 Å². The first-order chi connectivity index (χ1) is 10.2. The lowest BCUT2D eigenvalue weighted by Gasteiger charge is -2.23. The number of pyridine rings is 2. The van der Waals surface area contributed by atoms with Gasteiger partial charge in [-0.15, -0.1) is 0 Å². The second-order valence-electron chi connectivity index (χ2n) is 5.70. The summed E-state index contributed by atoms with van der Waals surface area (Å²) >= 11 is 0. The molecule has 0 saturated carbocycles. The third kappa shape index (κ3) is 3.39. The molecule has 1 aliphatic rings. The average molecular weight is 284 g/mol. The summed E-state index contributed by atoms with van der Waals surface area (Å²) in [6.45, 7) is 4.61. The minimum absolute atomic E-state index is 0.0228. The standard InChI is InChI=1S/C17H20N2O2/c1-13-2-3-16(18-10-13)15-12-19(7-4-17(15)20)11-14-5-8-21-9-6-14/h2-4,7,10,12,14H,5-6,8-9,11H2,1H3. The van der Waals surface area contributed by atoms with Crippen LogP contribution in [0.15, 0.2) is 41.6 Å². The van der Waals surface area contributed by atoms with Crippen molar-refractivity contribution in [2.75, 3.05) is 13.2 Å². The first kappa shape index (κ1) is 14.0. The summed E-state index contributed by atoms with van der Waals surface area (Å²) < 4.78 is 7.50. The molecule has 3 heterocycles. The van der Waals surface area contributed by atoms with Gasteiger partial charge in [0.1, 0.15) is 0 Å². The Balaban J connectivity index is 1.85. The maximum absolute atomic E-state index is 12.1. The molecule has 1 saturated heterocycles. The van der Waals surface area contributed by atoms with Crippen LogP contribution in [0.3, 0.4) is 0 Å². The SMILES string of the molecule is Cc1ccc(-c2cn(CC3CCOCC3)ccc2=O)nc1. The molecule has 0 spiro atoms. The van der Waals surface area contributed by atoms with Crippen LogP contribution in [0.2, 0.25) is 0 Å². The first-order valence-electron chi connectivity index (χ1n) is 7.43. The summed E-state index contributed by atoms with van der Waals surface area (Å²) in [5.74, 6) is 0.625. The quantitative estimate of drug-likeness (QED) is 0.870. The molecule has 1 fully saturated rings. The van der Waals surface area contributed by atoms with Gasteiger partial charge in [0.2, 0.25) is 0 Å². The molecule has 3 rings (SSSR count). The summed E-state index contributed by atoms with van der Waals surface area (Å²) in [5.41, 5.74) is 2.53. The molecule has 4 heteroatoms.